The molecule has 4 aliphatic rings. The summed E-state index contributed by atoms with van der Waals surface area (Å²) >= 11 is 0. The number of ether oxygens (including phenoxy) is 1. The molecule has 0 aromatic rings. The van der Waals surface area contributed by atoms with Gasteiger partial charge in [-0.05, 0) is 97.7 Å². The summed E-state index contributed by atoms with van der Waals surface area (Å²) in [6.07, 6.45) is 9.41. The van der Waals surface area contributed by atoms with Gasteiger partial charge >= 0.3 is 11.9 Å². The van der Waals surface area contributed by atoms with E-state index < -0.39 is 11.9 Å². The van der Waals surface area contributed by atoms with Gasteiger partial charge in [0.2, 0.25) is 0 Å². The van der Waals surface area contributed by atoms with E-state index in [1.165, 1.54) is 6.92 Å². The van der Waals surface area contributed by atoms with E-state index in [1.54, 1.807) is 0 Å². The van der Waals surface area contributed by atoms with E-state index in [-0.39, 0.29) is 34.9 Å². The molecule has 200 valence electrons. The Morgan fingerprint density at radius 3 is 2.14 bits per heavy atom. The summed E-state index contributed by atoms with van der Waals surface area (Å²) in [4.78, 5) is 24.7. The molecule has 0 heterocycles. The average molecular weight is 491 g/mol. The van der Waals surface area contributed by atoms with Crippen molar-refractivity contribution >= 4 is 11.9 Å². The summed E-state index contributed by atoms with van der Waals surface area (Å²) in [5.74, 6) is 1.38. The number of hydrogen-bond acceptors (Lipinski definition) is 4. The minimum absolute atomic E-state index is 0.00668. The molecule has 0 radical (unpaired) electrons. The molecule has 0 aromatic heterocycles. The fourth-order valence-electron chi connectivity index (χ4n) is 10.00. The van der Waals surface area contributed by atoms with Gasteiger partial charge in [0.05, 0.1) is 12.0 Å². The highest BCUT2D eigenvalue weighted by Gasteiger charge is 2.65. The molecule has 0 aromatic carbocycles. The Hall–Kier alpha value is -1.10. The number of carbonyl (C=O) groups excluding carboxylic acids is 1. The number of carbonyl (C=O) groups is 2. The number of carboxylic acids is 1. The summed E-state index contributed by atoms with van der Waals surface area (Å²) < 4.78 is 5.95. The van der Waals surface area contributed by atoms with Crippen molar-refractivity contribution in [1.82, 2.24) is 0 Å². The van der Waals surface area contributed by atoms with Gasteiger partial charge in [0.25, 0.3) is 0 Å². The predicted octanol–water partition coefficient (Wildman–Crippen LogP) is 6.32. The number of aliphatic carboxylic acids is 1. The molecule has 5 nitrogen and oxygen atoms in total. The molecule has 0 spiro atoms. The highest BCUT2D eigenvalue weighted by molar-refractivity contribution is 5.71. The van der Waals surface area contributed by atoms with Crippen LogP contribution in [0.15, 0.2) is 0 Å². The quantitative estimate of drug-likeness (QED) is 0.408. The molecule has 2 N–H and O–H groups in total. The van der Waals surface area contributed by atoms with Crippen molar-refractivity contribution in [1.29, 1.82) is 0 Å². The summed E-state index contributed by atoms with van der Waals surface area (Å²) in [7, 11) is 0. The van der Waals surface area contributed by atoms with Crippen LogP contribution in [0.2, 0.25) is 0 Å². The largest absolute Gasteiger partial charge is 0.481 e. The van der Waals surface area contributed by atoms with Crippen LogP contribution < -0.4 is 0 Å². The van der Waals surface area contributed by atoms with Crippen LogP contribution in [0.3, 0.4) is 0 Å². The molecule has 35 heavy (non-hydrogen) atoms. The molecule has 2 unspecified atom stereocenters. The van der Waals surface area contributed by atoms with Crippen LogP contribution in [0.1, 0.15) is 106 Å². The zero-order valence-electron chi connectivity index (χ0n) is 23.0. The first-order valence-corrected chi connectivity index (χ1v) is 14.5. The Kier molecular flexibility index (Phi) is 7.69. The Morgan fingerprint density at radius 1 is 0.943 bits per heavy atom. The van der Waals surface area contributed by atoms with E-state index >= 15 is 0 Å². The molecule has 0 saturated heterocycles. The van der Waals surface area contributed by atoms with Crippen molar-refractivity contribution in [2.45, 2.75) is 118 Å². The average Bonchev–Trinajstić information content (AvgIpc) is 3.04. The van der Waals surface area contributed by atoms with Crippen LogP contribution in [0.25, 0.3) is 0 Å². The Labute approximate surface area is 212 Å². The molecule has 4 fully saturated rings. The van der Waals surface area contributed by atoms with Gasteiger partial charge in [-0.3, -0.25) is 9.59 Å². The van der Waals surface area contributed by atoms with E-state index in [2.05, 4.69) is 34.6 Å². The summed E-state index contributed by atoms with van der Waals surface area (Å²) in [5, 5.41) is 20.9. The number of fused-ring (bicyclic) bond motifs is 5. The molecule has 4 rings (SSSR count). The van der Waals surface area contributed by atoms with Crippen molar-refractivity contribution in [2.75, 3.05) is 0 Å². The lowest BCUT2D eigenvalue weighted by Gasteiger charge is -2.63. The van der Waals surface area contributed by atoms with Crippen LogP contribution in [-0.2, 0) is 14.3 Å². The fourth-order valence-corrected chi connectivity index (χ4v) is 10.00. The van der Waals surface area contributed by atoms with Crippen LogP contribution in [-0.4, -0.2) is 34.4 Å². The molecule has 11 atom stereocenters. The summed E-state index contributed by atoms with van der Waals surface area (Å²) in [6.45, 7) is 13.0. The first kappa shape index (κ1) is 26.9. The SMILES string of the molecule is CC(=O)O[C@H]1C[C@@]2(C)C(CC[C@@H]3[C@@H]2CC[C@H]2C(C)[C@H](O)CC[C@]32C)[C@@H]1[C@H](CCCC(C)C)C(=O)O. The standard InChI is InChI=1S/C30H50O5/c1-17(2)8-7-9-20(28(33)34)27-24-13-12-22-23(30(24,6)16-26(27)35-19(4)31)11-10-21-18(3)25(32)14-15-29(21,22)5/h17-18,20-27,32H,7-16H2,1-6H3,(H,33,34)/t18?,20-,21-,22+,23-,24?,25+,26-,27-,29-,30+/m0/s1. The topological polar surface area (TPSA) is 83.8 Å². The second-order valence-corrected chi connectivity index (χ2v) is 13.8. The van der Waals surface area contributed by atoms with Gasteiger partial charge in [0.1, 0.15) is 6.10 Å². The zero-order chi connectivity index (χ0) is 25.7. The van der Waals surface area contributed by atoms with Gasteiger partial charge < -0.3 is 14.9 Å². The zero-order valence-corrected chi connectivity index (χ0v) is 23.0. The monoisotopic (exact) mass is 490 g/mol. The summed E-state index contributed by atoms with van der Waals surface area (Å²) in [6, 6.07) is 0. The molecule has 4 aliphatic carbocycles. The molecule has 4 saturated carbocycles. The number of aliphatic hydroxyl groups is 1. The van der Waals surface area contributed by atoms with Crippen LogP contribution in [0.4, 0.5) is 0 Å². The van der Waals surface area contributed by atoms with Crippen molar-refractivity contribution in [3.05, 3.63) is 0 Å². The first-order chi connectivity index (χ1) is 16.4. The maximum atomic E-state index is 12.6. The van der Waals surface area contributed by atoms with Crippen LogP contribution in [0, 0.1) is 58.2 Å². The van der Waals surface area contributed by atoms with Gasteiger partial charge in [0, 0.05) is 12.8 Å². The van der Waals surface area contributed by atoms with Crippen molar-refractivity contribution in [3.8, 4) is 0 Å². The maximum absolute atomic E-state index is 12.6. The molecular formula is C30H50O5. The van der Waals surface area contributed by atoms with E-state index in [0.717, 1.165) is 57.8 Å². The van der Waals surface area contributed by atoms with Gasteiger partial charge in [0.15, 0.2) is 0 Å². The third kappa shape index (κ3) is 4.68. The van der Waals surface area contributed by atoms with Crippen LogP contribution in [0.5, 0.6) is 0 Å². The van der Waals surface area contributed by atoms with Crippen LogP contribution >= 0.6 is 0 Å². The fraction of sp³-hybridized carbons (Fsp3) is 0.933. The predicted molar refractivity (Wildman–Crippen MR) is 137 cm³/mol. The minimum atomic E-state index is -0.715. The van der Waals surface area contributed by atoms with Crippen molar-refractivity contribution in [3.63, 3.8) is 0 Å². The number of rotatable bonds is 7. The van der Waals surface area contributed by atoms with E-state index in [4.69, 9.17) is 4.74 Å². The smallest absolute Gasteiger partial charge is 0.306 e. The lowest BCUT2D eigenvalue weighted by molar-refractivity contribution is -0.161. The van der Waals surface area contributed by atoms with E-state index in [0.29, 0.717) is 41.9 Å². The highest BCUT2D eigenvalue weighted by atomic mass is 16.5. The van der Waals surface area contributed by atoms with E-state index in [1.807, 2.05) is 0 Å². The minimum Gasteiger partial charge on any atom is -0.481 e. The Morgan fingerprint density at radius 2 is 1.54 bits per heavy atom. The molecule has 5 heteroatoms. The normalized spacial score (nSPS) is 45.8. The number of carboxylic acid groups (broad SMARTS) is 1. The Bertz CT molecular complexity index is 794. The third-order valence-corrected chi connectivity index (χ3v) is 11.6. The lowest BCUT2D eigenvalue weighted by atomic mass is 9.42. The number of aliphatic hydroxyl groups excluding tert-OH is 1. The molecule has 0 aliphatic heterocycles. The van der Waals surface area contributed by atoms with Gasteiger partial charge in [-0.1, -0.05) is 47.5 Å². The molecular weight excluding hydrogens is 440 g/mol. The summed E-state index contributed by atoms with van der Waals surface area (Å²) in [5.41, 5.74) is 0.251. The second kappa shape index (κ2) is 9.99. The van der Waals surface area contributed by atoms with Crippen molar-refractivity contribution in [2.24, 2.45) is 58.2 Å². The maximum Gasteiger partial charge on any atom is 0.306 e. The van der Waals surface area contributed by atoms with E-state index in [9.17, 15) is 19.8 Å². The molecule has 0 bridgehead atoms. The van der Waals surface area contributed by atoms with Gasteiger partial charge in [-0.25, -0.2) is 0 Å². The molecule has 0 amide bonds. The van der Waals surface area contributed by atoms with Gasteiger partial charge in [-0.2, -0.15) is 0 Å². The van der Waals surface area contributed by atoms with Gasteiger partial charge in [-0.15, -0.1) is 0 Å². The lowest BCUT2D eigenvalue weighted by Crippen LogP contribution is -2.57. The third-order valence-electron chi connectivity index (χ3n) is 11.6. The second-order valence-electron chi connectivity index (χ2n) is 13.8. The first-order valence-electron chi connectivity index (χ1n) is 14.5. The van der Waals surface area contributed by atoms with Crippen molar-refractivity contribution < 1.29 is 24.5 Å². The number of hydrogen-bond donors (Lipinski definition) is 2. The highest BCUT2D eigenvalue weighted by Crippen LogP contribution is 2.69. The number of esters is 1. The Balaban J connectivity index is 1.63.